The first-order valence-corrected chi connectivity index (χ1v) is 15.5. The minimum absolute atomic E-state index is 0.213. The van der Waals surface area contributed by atoms with E-state index in [1.807, 2.05) is 42.5 Å². The Morgan fingerprint density at radius 3 is 2.32 bits per heavy atom. The Kier molecular flexibility index (Phi) is 13.7. The summed E-state index contributed by atoms with van der Waals surface area (Å²) in [6.07, 6.45) is 3.53. The number of methoxy groups -OCH3 is 2. The first kappa shape index (κ1) is 35.1. The second-order valence-corrected chi connectivity index (χ2v) is 12.3. The van der Waals surface area contributed by atoms with E-state index < -0.39 is 0 Å². The van der Waals surface area contributed by atoms with Crippen LogP contribution in [-0.2, 0) is 32.0 Å². The highest BCUT2D eigenvalue weighted by Gasteiger charge is 2.30. The minimum atomic E-state index is -0.339. The fourth-order valence-electron chi connectivity index (χ4n) is 4.66. The Hall–Kier alpha value is -3.42. The van der Waals surface area contributed by atoms with Gasteiger partial charge in [0.25, 0.3) is 0 Å². The van der Waals surface area contributed by atoms with Crippen LogP contribution in [0.1, 0.15) is 76.7 Å². The maximum atomic E-state index is 15.1. The van der Waals surface area contributed by atoms with Gasteiger partial charge in [-0.15, -0.1) is 0 Å². The highest BCUT2D eigenvalue weighted by atomic mass is 19.1. The molecule has 6 nitrogen and oxygen atoms in total. The van der Waals surface area contributed by atoms with Crippen LogP contribution in [0.15, 0.2) is 60.7 Å². The van der Waals surface area contributed by atoms with Crippen LogP contribution < -0.4 is 9.47 Å². The molecule has 1 aliphatic rings. The van der Waals surface area contributed by atoms with Crippen molar-refractivity contribution in [2.45, 2.75) is 73.0 Å². The quantitative estimate of drug-likeness (QED) is 0.135. The van der Waals surface area contributed by atoms with Crippen molar-refractivity contribution in [3.05, 3.63) is 83.2 Å². The van der Waals surface area contributed by atoms with E-state index in [9.17, 15) is 4.79 Å². The molecular weight excluding hydrogens is 559 g/mol. The van der Waals surface area contributed by atoms with Crippen LogP contribution in [0.25, 0.3) is 11.1 Å². The molecule has 3 aromatic carbocycles. The van der Waals surface area contributed by atoms with Gasteiger partial charge in [-0.25, -0.2) is 4.39 Å². The zero-order valence-electron chi connectivity index (χ0n) is 27.4. The summed E-state index contributed by atoms with van der Waals surface area (Å²) >= 11 is 0. The molecule has 0 saturated heterocycles. The van der Waals surface area contributed by atoms with E-state index in [1.54, 1.807) is 33.3 Å². The largest absolute Gasteiger partial charge is 0.497 e. The van der Waals surface area contributed by atoms with Crippen molar-refractivity contribution in [2.24, 2.45) is 11.3 Å². The standard InChI is InChI=1S/C33H41FO6.C4H8/c1-7-38-31(35)16-12-23-9-8-10-26(19-23)40-22-24-11-14-27(28-21-25(37-6)13-15-30(28)34)29(20-24)32(33(2,3)4)39-18-17-36-5;1-4-2-3-4/h8-11,13-15,19-21,32H,7,12,16-18,22H2,1-6H3;4H,2-3H2,1H3. The molecule has 0 radical (unpaired) electrons. The molecule has 0 amide bonds. The molecule has 0 N–H and O–H groups in total. The van der Waals surface area contributed by atoms with Gasteiger partial charge in [0, 0.05) is 19.1 Å². The Morgan fingerprint density at radius 2 is 1.68 bits per heavy atom. The van der Waals surface area contributed by atoms with Crippen molar-refractivity contribution < 1.29 is 32.9 Å². The molecule has 1 saturated carbocycles. The second-order valence-electron chi connectivity index (χ2n) is 12.3. The van der Waals surface area contributed by atoms with Gasteiger partial charge in [-0.2, -0.15) is 0 Å². The summed E-state index contributed by atoms with van der Waals surface area (Å²) in [5, 5.41) is 0. The monoisotopic (exact) mass is 608 g/mol. The number of benzene rings is 3. The molecule has 0 spiro atoms. The van der Waals surface area contributed by atoms with Crippen molar-refractivity contribution in [1.82, 2.24) is 0 Å². The van der Waals surface area contributed by atoms with E-state index in [0.29, 0.717) is 56.3 Å². The average Bonchev–Trinajstić information content (AvgIpc) is 3.79. The number of esters is 1. The van der Waals surface area contributed by atoms with Crippen LogP contribution in [0.5, 0.6) is 11.5 Å². The van der Waals surface area contributed by atoms with Crippen molar-refractivity contribution >= 4 is 5.97 Å². The van der Waals surface area contributed by atoms with Crippen molar-refractivity contribution in [1.29, 1.82) is 0 Å². The van der Waals surface area contributed by atoms with Crippen LogP contribution in [0.4, 0.5) is 4.39 Å². The van der Waals surface area contributed by atoms with Gasteiger partial charge in [0.15, 0.2) is 0 Å². The number of hydrogen-bond acceptors (Lipinski definition) is 6. The summed E-state index contributed by atoms with van der Waals surface area (Å²) in [7, 11) is 3.20. The van der Waals surface area contributed by atoms with Gasteiger partial charge < -0.3 is 23.7 Å². The number of halogens is 1. The second kappa shape index (κ2) is 17.2. The molecule has 7 heteroatoms. The zero-order valence-corrected chi connectivity index (χ0v) is 27.4. The summed E-state index contributed by atoms with van der Waals surface area (Å²) in [5.41, 5.74) is 3.67. The lowest BCUT2D eigenvalue weighted by Crippen LogP contribution is -2.24. The number of aryl methyl sites for hydroxylation is 1. The SMILES string of the molecule is CC1CC1.CCOC(=O)CCc1cccc(OCc2ccc(-c3cc(OC)ccc3F)c(C(OCCOC)C(C)(C)C)c2)c1. The third kappa shape index (κ3) is 11.3. The lowest BCUT2D eigenvalue weighted by molar-refractivity contribution is -0.143. The zero-order chi connectivity index (χ0) is 32.1. The van der Waals surface area contributed by atoms with Gasteiger partial charge >= 0.3 is 5.97 Å². The normalized spacial score (nSPS) is 13.5. The molecule has 4 rings (SSSR count). The van der Waals surface area contributed by atoms with Gasteiger partial charge in [-0.3, -0.25) is 4.79 Å². The van der Waals surface area contributed by atoms with E-state index in [0.717, 1.165) is 28.2 Å². The fourth-order valence-corrected chi connectivity index (χ4v) is 4.66. The van der Waals surface area contributed by atoms with Crippen LogP contribution in [0, 0.1) is 17.2 Å². The van der Waals surface area contributed by atoms with Crippen LogP contribution in [0.2, 0.25) is 0 Å². The fraction of sp³-hybridized carbons (Fsp3) is 0.486. The third-order valence-electron chi connectivity index (χ3n) is 7.31. The van der Waals surface area contributed by atoms with Gasteiger partial charge in [-0.1, -0.05) is 64.8 Å². The molecule has 1 aliphatic carbocycles. The average molecular weight is 609 g/mol. The predicted octanol–water partition coefficient (Wildman–Crippen LogP) is 8.74. The van der Waals surface area contributed by atoms with E-state index in [2.05, 4.69) is 27.7 Å². The van der Waals surface area contributed by atoms with E-state index in [4.69, 9.17) is 23.7 Å². The maximum absolute atomic E-state index is 15.1. The van der Waals surface area contributed by atoms with Gasteiger partial charge in [0.05, 0.1) is 33.0 Å². The first-order valence-electron chi connectivity index (χ1n) is 15.5. The Morgan fingerprint density at radius 1 is 0.932 bits per heavy atom. The smallest absolute Gasteiger partial charge is 0.306 e. The lowest BCUT2D eigenvalue weighted by Gasteiger charge is -2.33. The molecule has 0 bridgehead atoms. The van der Waals surface area contributed by atoms with Crippen LogP contribution >= 0.6 is 0 Å². The molecule has 0 heterocycles. The summed E-state index contributed by atoms with van der Waals surface area (Å²) < 4.78 is 43.2. The maximum Gasteiger partial charge on any atom is 0.306 e. The van der Waals surface area contributed by atoms with Crippen molar-refractivity contribution in [3.63, 3.8) is 0 Å². The highest BCUT2D eigenvalue weighted by Crippen LogP contribution is 2.42. The molecular formula is C37H49FO6. The van der Waals surface area contributed by atoms with E-state index in [1.165, 1.54) is 18.9 Å². The molecule has 1 atom stereocenters. The molecule has 240 valence electrons. The van der Waals surface area contributed by atoms with Crippen LogP contribution in [-0.4, -0.2) is 40.0 Å². The Bertz CT molecular complexity index is 1330. The predicted molar refractivity (Wildman–Crippen MR) is 173 cm³/mol. The van der Waals surface area contributed by atoms with Gasteiger partial charge in [0.1, 0.15) is 23.9 Å². The summed E-state index contributed by atoms with van der Waals surface area (Å²) in [6.45, 7) is 11.9. The van der Waals surface area contributed by atoms with Crippen molar-refractivity contribution in [2.75, 3.05) is 34.0 Å². The number of carbonyl (C=O) groups excluding carboxylic acids is 1. The molecule has 1 fully saturated rings. The number of hydrogen-bond donors (Lipinski definition) is 0. The number of ether oxygens (including phenoxy) is 5. The lowest BCUT2D eigenvalue weighted by atomic mass is 9.81. The molecule has 1 unspecified atom stereocenters. The third-order valence-corrected chi connectivity index (χ3v) is 7.31. The molecule has 3 aromatic rings. The number of rotatable bonds is 14. The molecule has 0 aromatic heterocycles. The van der Waals surface area contributed by atoms with Crippen LogP contribution in [0.3, 0.4) is 0 Å². The first-order chi connectivity index (χ1) is 21.0. The van der Waals surface area contributed by atoms with E-state index in [-0.39, 0.29) is 23.3 Å². The van der Waals surface area contributed by atoms with Gasteiger partial charge in [-0.05, 0) is 83.3 Å². The summed E-state index contributed by atoms with van der Waals surface area (Å²) in [5.74, 6) is 1.81. The summed E-state index contributed by atoms with van der Waals surface area (Å²) in [6, 6.07) is 18.3. The number of carbonyl (C=O) groups is 1. The molecule has 44 heavy (non-hydrogen) atoms. The minimum Gasteiger partial charge on any atom is -0.497 e. The molecule has 0 aliphatic heterocycles. The van der Waals surface area contributed by atoms with E-state index >= 15 is 4.39 Å². The topological polar surface area (TPSA) is 63.2 Å². The summed E-state index contributed by atoms with van der Waals surface area (Å²) in [4.78, 5) is 11.7. The van der Waals surface area contributed by atoms with Gasteiger partial charge in [0.2, 0.25) is 0 Å². The Labute approximate surface area is 262 Å². The van der Waals surface area contributed by atoms with Crippen molar-refractivity contribution in [3.8, 4) is 22.6 Å². The highest BCUT2D eigenvalue weighted by molar-refractivity contribution is 5.71. The Balaban J connectivity index is 0.00000122.